The second kappa shape index (κ2) is 12.4. The van der Waals surface area contributed by atoms with E-state index in [1.807, 2.05) is 12.1 Å². The molecule has 10 rings (SSSR count). The number of hydrogen-bond acceptors (Lipinski definition) is 3. The summed E-state index contributed by atoms with van der Waals surface area (Å²) in [7, 11) is 0. The van der Waals surface area contributed by atoms with E-state index in [0.29, 0.717) is 0 Å². The maximum Gasteiger partial charge on any atom is 0.0978 e. The molecule has 7 aromatic carbocycles. The number of pyridine rings is 3. The minimum Gasteiger partial charge on any atom is -0.248 e. The molecule has 242 valence electrons. The SMILES string of the molecule is c1ccc(-c2ccc3cc(-c4ccc(-c5cc(-c6ccccc6)c6c(ccc7ccccc76)n5)cc4)c4ccc(-c5ccccc5)nc4c3n2)cc1. The standard InChI is InChI=1S/C49H31N3/c1-4-12-32(13-5-1)42-31-46(50-45-28-24-33-14-10-11-19-39(33)47(42)45)37-22-20-34(21-23-37)41-30-38-25-27-43(35-15-6-2-7-16-35)51-48(38)49-40(41)26-29-44(52-49)36-17-8-3-9-18-36/h1-31H. The lowest BCUT2D eigenvalue weighted by atomic mass is 9.93. The van der Waals surface area contributed by atoms with Crippen LogP contribution in [-0.4, -0.2) is 15.0 Å². The van der Waals surface area contributed by atoms with Crippen molar-refractivity contribution in [1.29, 1.82) is 0 Å². The highest BCUT2D eigenvalue weighted by molar-refractivity contribution is 6.14. The van der Waals surface area contributed by atoms with E-state index >= 15 is 0 Å². The monoisotopic (exact) mass is 661 g/mol. The van der Waals surface area contributed by atoms with Gasteiger partial charge in [0.25, 0.3) is 0 Å². The van der Waals surface area contributed by atoms with Crippen LogP contribution in [0.5, 0.6) is 0 Å². The van der Waals surface area contributed by atoms with Gasteiger partial charge in [0.05, 0.1) is 33.6 Å². The molecule has 0 unspecified atom stereocenters. The molecule has 0 bridgehead atoms. The quantitative estimate of drug-likeness (QED) is 0.172. The third-order valence-electron chi connectivity index (χ3n) is 10.0. The lowest BCUT2D eigenvalue weighted by Crippen LogP contribution is -1.94. The fourth-order valence-electron chi connectivity index (χ4n) is 7.47. The fourth-order valence-corrected chi connectivity index (χ4v) is 7.47. The molecule has 3 heterocycles. The largest absolute Gasteiger partial charge is 0.248 e. The second-order valence-electron chi connectivity index (χ2n) is 13.2. The fraction of sp³-hybridized carbons (Fsp3) is 0. The Morgan fingerprint density at radius 2 is 0.827 bits per heavy atom. The van der Waals surface area contributed by atoms with Crippen molar-refractivity contribution < 1.29 is 0 Å². The maximum absolute atomic E-state index is 5.28. The molecule has 0 N–H and O–H groups in total. The van der Waals surface area contributed by atoms with E-state index < -0.39 is 0 Å². The Morgan fingerprint density at radius 1 is 0.288 bits per heavy atom. The summed E-state index contributed by atoms with van der Waals surface area (Å²) in [5.41, 5.74) is 13.4. The molecule has 0 radical (unpaired) electrons. The van der Waals surface area contributed by atoms with Crippen LogP contribution < -0.4 is 0 Å². The predicted molar refractivity (Wildman–Crippen MR) is 217 cm³/mol. The molecular formula is C49H31N3. The van der Waals surface area contributed by atoms with Crippen molar-refractivity contribution in [3.8, 4) is 56.0 Å². The van der Waals surface area contributed by atoms with Crippen molar-refractivity contribution in [3.63, 3.8) is 0 Å². The van der Waals surface area contributed by atoms with Crippen LogP contribution in [0.15, 0.2) is 188 Å². The first-order valence-electron chi connectivity index (χ1n) is 17.6. The van der Waals surface area contributed by atoms with Gasteiger partial charge in [0, 0.05) is 32.8 Å². The zero-order valence-electron chi connectivity index (χ0n) is 28.2. The molecule has 10 aromatic rings. The van der Waals surface area contributed by atoms with Crippen molar-refractivity contribution in [1.82, 2.24) is 15.0 Å². The second-order valence-corrected chi connectivity index (χ2v) is 13.2. The predicted octanol–water partition coefficient (Wildman–Crippen LogP) is 12.8. The van der Waals surface area contributed by atoms with E-state index in [9.17, 15) is 0 Å². The number of hydrogen-bond donors (Lipinski definition) is 0. The van der Waals surface area contributed by atoms with Gasteiger partial charge in [0.1, 0.15) is 0 Å². The molecular weight excluding hydrogens is 631 g/mol. The van der Waals surface area contributed by atoms with E-state index in [-0.39, 0.29) is 0 Å². The third kappa shape index (κ3) is 5.19. The van der Waals surface area contributed by atoms with E-state index in [2.05, 4.69) is 176 Å². The first kappa shape index (κ1) is 29.9. The molecule has 0 aliphatic heterocycles. The summed E-state index contributed by atoms with van der Waals surface area (Å²) in [6.07, 6.45) is 0. The summed E-state index contributed by atoms with van der Waals surface area (Å²) in [5.74, 6) is 0. The zero-order chi connectivity index (χ0) is 34.4. The highest BCUT2D eigenvalue weighted by Gasteiger charge is 2.16. The van der Waals surface area contributed by atoms with Crippen LogP contribution in [0, 0.1) is 0 Å². The van der Waals surface area contributed by atoms with Crippen molar-refractivity contribution >= 4 is 43.5 Å². The molecule has 0 atom stereocenters. The molecule has 3 aromatic heterocycles. The summed E-state index contributed by atoms with van der Waals surface area (Å²) in [5, 5.41) is 5.73. The van der Waals surface area contributed by atoms with Gasteiger partial charge < -0.3 is 0 Å². The first-order valence-corrected chi connectivity index (χ1v) is 17.6. The van der Waals surface area contributed by atoms with E-state index in [1.165, 1.54) is 27.3 Å². The number of rotatable bonds is 5. The Hall–Kier alpha value is -6.97. The molecule has 0 aliphatic rings. The summed E-state index contributed by atoms with van der Waals surface area (Å²) in [6, 6.07) is 66.1. The Bertz CT molecular complexity index is 2920. The van der Waals surface area contributed by atoms with Gasteiger partial charge in [0.2, 0.25) is 0 Å². The van der Waals surface area contributed by atoms with Gasteiger partial charge in [-0.25, -0.2) is 15.0 Å². The number of fused-ring (bicyclic) bond motifs is 6. The summed E-state index contributed by atoms with van der Waals surface area (Å²) in [4.78, 5) is 15.7. The Kier molecular flexibility index (Phi) is 7.14. The Labute approximate surface area is 301 Å². The molecule has 0 spiro atoms. The minimum absolute atomic E-state index is 0.895. The average Bonchev–Trinajstić information content (AvgIpc) is 3.23. The van der Waals surface area contributed by atoms with Gasteiger partial charge in [-0.1, -0.05) is 152 Å². The van der Waals surface area contributed by atoms with Crippen molar-refractivity contribution in [2.45, 2.75) is 0 Å². The first-order chi connectivity index (χ1) is 25.8. The normalized spacial score (nSPS) is 11.5. The topological polar surface area (TPSA) is 38.7 Å². The average molecular weight is 662 g/mol. The smallest absolute Gasteiger partial charge is 0.0978 e. The maximum atomic E-state index is 5.28. The van der Waals surface area contributed by atoms with E-state index in [1.54, 1.807) is 0 Å². The van der Waals surface area contributed by atoms with Gasteiger partial charge >= 0.3 is 0 Å². The molecule has 0 fully saturated rings. The van der Waals surface area contributed by atoms with Crippen LogP contribution in [-0.2, 0) is 0 Å². The highest BCUT2D eigenvalue weighted by atomic mass is 14.8. The molecule has 52 heavy (non-hydrogen) atoms. The Morgan fingerprint density at radius 3 is 1.54 bits per heavy atom. The van der Waals surface area contributed by atoms with Gasteiger partial charge in [-0.05, 0) is 69.4 Å². The van der Waals surface area contributed by atoms with Gasteiger partial charge in [-0.3, -0.25) is 0 Å². The van der Waals surface area contributed by atoms with E-state index in [4.69, 9.17) is 15.0 Å². The molecule has 3 nitrogen and oxygen atoms in total. The molecule has 0 saturated carbocycles. The van der Waals surface area contributed by atoms with E-state index in [0.717, 1.165) is 72.2 Å². The van der Waals surface area contributed by atoms with Crippen LogP contribution in [0.4, 0.5) is 0 Å². The summed E-state index contributed by atoms with van der Waals surface area (Å²) >= 11 is 0. The minimum atomic E-state index is 0.895. The van der Waals surface area contributed by atoms with Crippen LogP contribution >= 0.6 is 0 Å². The third-order valence-corrected chi connectivity index (χ3v) is 10.0. The lowest BCUT2D eigenvalue weighted by Gasteiger charge is -2.14. The van der Waals surface area contributed by atoms with Crippen LogP contribution in [0.3, 0.4) is 0 Å². The van der Waals surface area contributed by atoms with Crippen molar-refractivity contribution in [3.05, 3.63) is 188 Å². The van der Waals surface area contributed by atoms with Crippen molar-refractivity contribution in [2.24, 2.45) is 0 Å². The highest BCUT2D eigenvalue weighted by Crippen LogP contribution is 2.39. The van der Waals surface area contributed by atoms with Crippen LogP contribution in [0.25, 0.3) is 99.5 Å². The molecule has 3 heteroatoms. The number of nitrogens with zero attached hydrogens (tertiary/aromatic N) is 3. The molecule has 0 saturated heterocycles. The number of benzene rings is 7. The lowest BCUT2D eigenvalue weighted by molar-refractivity contribution is 1.36. The van der Waals surface area contributed by atoms with Crippen molar-refractivity contribution in [2.75, 3.05) is 0 Å². The summed E-state index contributed by atoms with van der Waals surface area (Å²) in [6.45, 7) is 0. The van der Waals surface area contributed by atoms with Gasteiger partial charge in [-0.2, -0.15) is 0 Å². The molecule has 0 amide bonds. The van der Waals surface area contributed by atoms with Gasteiger partial charge in [0.15, 0.2) is 0 Å². The summed E-state index contributed by atoms with van der Waals surface area (Å²) < 4.78 is 0. The molecule has 0 aliphatic carbocycles. The Balaban J connectivity index is 1.13. The number of aromatic nitrogens is 3. The van der Waals surface area contributed by atoms with Crippen LogP contribution in [0.2, 0.25) is 0 Å². The van der Waals surface area contributed by atoms with Crippen LogP contribution in [0.1, 0.15) is 0 Å². The zero-order valence-corrected chi connectivity index (χ0v) is 28.2. The van der Waals surface area contributed by atoms with Gasteiger partial charge in [-0.15, -0.1) is 0 Å².